The number of amides is 2. The molecule has 2 amide bonds. The summed E-state index contributed by atoms with van der Waals surface area (Å²) in [6.45, 7) is 2.43. The van der Waals surface area contributed by atoms with Crippen molar-refractivity contribution < 1.29 is 22.4 Å². The SMILES string of the molecule is CNC(=O)[C@H](C)N(Cc1ccc(Cl)cc1Cl)C(=O)CN(c1ccccc1F)S(=O)(=O)c1ccc(C)cc1. The average Bonchev–Trinajstić information content (AvgIpc) is 2.86. The highest BCUT2D eigenvalue weighted by molar-refractivity contribution is 7.92. The van der Waals surface area contributed by atoms with Crippen LogP contribution in [-0.4, -0.2) is 44.8 Å². The van der Waals surface area contributed by atoms with Crippen LogP contribution in [-0.2, 0) is 26.2 Å². The number of halogens is 3. The Balaban J connectivity index is 2.06. The molecule has 7 nitrogen and oxygen atoms in total. The van der Waals surface area contributed by atoms with E-state index in [4.69, 9.17) is 23.2 Å². The van der Waals surface area contributed by atoms with E-state index in [2.05, 4.69) is 5.32 Å². The molecule has 0 aromatic heterocycles. The second-order valence-corrected chi connectivity index (χ2v) is 11.0. The monoisotopic (exact) mass is 565 g/mol. The summed E-state index contributed by atoms with van der Waals surface area (Å²) in [5.41, 5.74) is 1.03. The number of carbonyl (C=O) groups excluding carboxylic acids is 2. The van der Waals surface area contributed by atoms with Crippen LogP contribution in [0.3, 0.4) is 0 Å². The van der Waals surface area contributed by atoms with Gasteiger partial charge in [-0.25, -0.2) is 12.8 Å². The molecule has 11 heteroatoms. The molecule has 3 aromatic carbocycles. The molecular formula is C26H26Cl2FN3O4S. The summed E-state index contributed by atoms with van der Waals surface area (Å²) in [6.07, 6.45) is 0. The molecule has 0 unspecified atom stereocenters. The molecule has 0 heterocycles. The summed E-state index contributed by atoms with van der Waals surface area (Å²) < 4.78 is 42.8. The fourth-order valence-electron chi connectivity index (χ4n) is 3.63. The van der Waals surface area contributed by atoms with Gasteiger partial charge in [0.15, 0.2) is 0 Å². The van der Waals surface area contributed by atoms with Gasteiger partial charge in [-0.1, -0.05) is 59.1 Å². The average molecular weight is 566 g/mol. The van der Waals surface area contributed by atoms with E-state index in [-0.39, 0.29) is 22.2 Å². The Kier molecular flexibility index (Phi) is 9.17. The normalized spacial score (nSPS) is 12.1. The topological polar surface area (TPSA) is 86.8 Å². The van der Waals surface area contributed by atoms with Crippen LogP contribution < -0.4 is 9.62 Å². The number of anilines is 1. The van der Waals surface area contributed by atoms with Gasteiger partial charge in [-0.3, -0.25) is 13.9 Å². The molecule has 1 N–H and O–H groups in total. The van der Waals surface area contributed by atoms with Crippen molar-refractivity contribution in [1.29, 1.82) is 0 Å². The largest absolute Gasteiger partial charge is 0.357 e. The zero-order valence-corrected chi connectivity index (χ0v) is 22.7. The van der Waals surface area contributed by atoms with Crippen molar-refractivity contribution in [3.8, 4) is 0 Å². The van der Waals surface area contributed by atoms with E-state index >= 15 is 0 Å². The minimum Gasteiger partial charge on any atom is -0.357 e. The van der Waals surface area contributed by atoms with E-state index < -0.39 is 40.2 Å². The zero-order chi connectivity index (χ0) is 27.3. The molecule has 0 spiro atoms. The van der Waals surface area contributed by atoms with Crippen LogP contribution in [0, 0.1) is 12.7 Å². The second kappa shape index (κ2) is 11.9. The summed E-state index contributed by atoms with van der Waals surface area (Å²) in [5.74, 6) is -2.03. The Labute approximate surface area is 225 Å². The van der Waals surface area contributed by atoms with Crippen molar-refractivity contribution in [1.82, 2.24) is 10.2 Å². The summed E-state index contributed by atoms with van der Waals surface area (Å²) >= 11 is 12.3. The van der Waals surface area contributed by atoms with Crippen LogP contribution in [0.4, 0.5) is 10.1 Å². The lowest BCUT2D eigenvalue weighted by molar-refractivity contribution is -0.139. The summed E-state index contributed by atoms with van der Waals surface area (Å²) in [7, 11) is -2.94. The van der Waals surface area contributed by atoms with Gasteiger partial charge in [-0.05, 0) is 55.8 Å². The summed E-state index contributed by atoms with van der Waals surface area (Å²) in [5, 5.41) is 3.15. The lowest BCUT2D eigenvalue weighted by Gasteiger charge is -2.32. The van der Waals surface area contributed by atoms with Crippen molar-refractivity contribution in [2.45, 2.75) is 31.3 Å². The van der Waals surface area contributed by atoms with E-state index in [0.717, 1.165) is 11.6 Å². The first kappa shape index (κ1) is 28.4. The fourth-order valence-corrected chi connectivity index (χ4v) is 5.52. The molecule has 196 valence electrons. The van der Waals surface area contributed by atoms with E-state index in [1.807, 2.05) is 0 Å². The molecule has 0 aliphatic heterocycles. The molecule has 0 aliphatic rings. The minimum atomic E-state index is -4.36. The molecule has 3 aromatic rings. The first-order valence-electron chi connectivity index (χ1n) is 11.2. The van der Waals surface area contributed by atoms with Crippen LogP contribution in [0.5, 0.6) is 0 Å². The van der Waals surface area contributed by atoms with Gasteiger partial charge in [0, 0.05) is 23.6 Å². The third kappa shape index (κ3) is 6.60. The number of rotatable bonds is 9. The number of aryl methyl sites for hydroxylation is 1. The van der Waals surface area contributed by atoms with Crippen molar-refractivity contribution in [2.24, 2.45) is 0 Å². The summed E-state index contributed by atoms with van der Waals surface area (Å²) in [4.78, 5) is 27.2. The lowest BCUT2D eigenvalue weighted by Crippen LogP contribution is -2.50. The number of para-hydroxylation sites is 1. The van der Waals surface area contributed by atoms with E-state index in [1.54, 1.807) is 31.2 Å². The first-order valence-corrected chi connectivity index (χ1v) is 13.4. The molecule has 1 atom stereocenters. The van der Waals surface area contributed by atoms with Crippen LogP contribution >= 0.6 is 23.2 Å². The third-order valence-electron chi connectivity index (χ3n) is 5.78. The number of nitrogens with zero attached hydrogens (tertiary/aromatic N) is 2. The summed E-state index contributed by atoms with van der Waals surface area (Å²) in [6, 6.07) is 15.0. The highest BCUT2D eigenvalue weighted by atomic mass is 35.5. The number of hydrogen-bond donors (Lipinski definition) is 1. The van der Waals surface area contributed by atoms with Gasteiger partial charge in [0.2, 0.25) is 11.8 Å². The van der Waals surface area contributed by atoms with Crippen LogP contribution in [0.2, 0.25) is 10.0 Å². The Morgan fingerprint density at radius 3 is 2.27 bits per heavy atom. The van der Waals surface area contributed by atoms with Gasteiger partial charge in [0.05, 0.1) is 10.6 Å². The molecule has 0 saturated heterocycles. The Bertz CT molecular complexity index is 1400. The molecule has 3 rings (SSSR count). The Morgan fingerprint density at radius 2 is 1.68 bits per heavy atom. The van der Waals surface area contributed by atoms with Crippen LogP contribution in [0.25, 0.3) is 0 Å². The fraction of sp³-hybridized carbons (Fsp3) is 0.231. The molecule has 0 radical (unpaired) electrons. The third-order valence-corrected chi connectivity index (χ3v) is 8.14. The maximum atomic E-state index is 14.9. The van der Waals surface area contributed by atoms with Crippen LogP contribution in [0.1, 0.15) is 18.1 Å². The highest BCUT2D eigenvalue weighted by Crippen LogP contribution is 2.28. The molecular weight excluding hydrogens is 540 g/mol. The molecule has 0 fully saturated rings. The maximum absolute atomic E-state index is 14.9. The number of hydrogen-bond acceptors (Lipinski definition) is 4. The molecule has 0 aliphatic carbocycles. The molecule has 0 bridgehead atoms. The second-order valence-electron chi connectivity index (χ2n) is 8.32. The van der Waals surface area contributed by atoms with Gasteiger partial charge >= 0.3 is 0 Å². The molecule has 37 heavy (non-hydrogen) atoms. The van der Waals surface area contributed by atoms with Gasteiger partial charge in [0.25, 0.3) is 10.0 Å². The highest BCUT2D eigenvalue weighted by Gasteiger charge is 2.33. The number of likely N-dealkylation sites (N-methyl/N-ethyl adjacent to an activating group) is 1. The lowest BCUT2D eigenvalue weighted by atomic mass is 10.1. The van der Waals surface area contributed by atoms with E-state index in [9.17, 15) is 22.4 Å². The van der Waals surface area contributed by atoms with Crippen molar-refractivity contribution in [2.75, 3.05) is 17.9 Å². The Morgan fingerprint density at radius 1 is 1.03 bits per heavy atom. The maximum Gasteiger partial charge on any atom is 0.264 e. The van der Waals surface area contributed by atoms with E-state index in [1.165, 1.54) is 55.3 Å². The predicted octanol–water partition coefficient (Wildman–Crippen LogP) is 4.80. The quantitative estimate of drug-likeness (QED) is 0.403. The number of nitrogens with one attached hydrogen (secondary N) is 1. The molecule has 0 saturated carbocycles. The van der Waals surface area contributed by atoms with Gasteiger partial charge in [0.1, 0.15) is 18.4 Å². The number of carbonyl (C=O) groups is 2. The standard InChI is InChI=1S/C26H26Cl2FN3O4S/c1-17-8-12-21(13-9-17)37(35,36)32(24-7-5-4-6-23(24)29)16-25(33)31(18(2)26(34)30-3)15-19-10-11-20(27)14-22(19)28/h4-14,18H,15-16H2,1-3H3,(H,30,34)/t18-/m0/s1. The van der Waals surface area contributed by atoms with Gasteiger partial charge < -0.3 is 10.2 Å². The Hall–Kier alpha value is -3.14. The van der Waals surface area contributed by atoms with Gasteiger partial charge in [-0.2, -0.15) is 0 Å². The van der Waals surface area contributed by atoms with Crippen LogP contribution in [0.15, 0.2) is 71.6 Å². The number of sulfonamides is 1. The van der Waals surface area contributed by atoms with Crippen molar-refractivity contribution in [3.63, 3.8) is 0 Å². The minimum absolute atomic E-state index is 0.110. The van der Waals surface area contributed by atoms with Gasteiger partial charge in [-0.15, -0.1) is 0 Å². The number of benzene rings is 3. The smallest absolute Gasteiger partial charge is 0.264 e. The zero-order valence-electron chi connectivity index (χ0n) is 20.4. The van der Waals surface area contributed by atoms with Crippen molar-refractivity contribution in [3.05, 3.63) is 93.7 Å². The van der Waals surface area contributed by atoms with Crippen molar-refractivity contribution >= 4 is 50.7 Å². The van der Waals surface area contributed by atoms with E-state index in [0.29, 0.717) is 14.9 Å². The predicted molar refractivity (Wildman–Crippen MR) is 143 cm³/mol. The first-order chi connectivity index (χ1) is 17.4.